The lowest BCUT2D eigenvalue weighted by molar-refractivity contribution is 0.615. The van der Waals surface area contributed by atoms with Crippen LogP contribution in [0.1, 0.15) is 13.3 Å². The lowest BCUT2D eigenvalue weighted by Crippen LogP contribution is -2.32. The molecule has 0 unspecified atom stereocenters. The van der Waals surface area contributed by atoms with Crippen LogP contribution in [0, 0.1) is 0 Å². The molecule has 4 N–H and O–H groups in total. The molecule has 5 nitrogen and oxygen atoms in total. The van der Waals surface area contributed by atoms with Crippen molar-refractivity contribution in [1.29, 1.82) is 0 Å². The molecule has 5 heteroatoms. The van der Waals surface area contributed by atoms with Crippen LogP contribution >= 0.6 is 0 Å². The summed E-state index contributed by atoms with van der Waals surface area (Å²) in [7, 11) is 3.60. The van der Waals surface area contributed by atoms with Crippen LogP contribution in [0.5, 0.6) is 0 Å². The molecule has 12 heavy (non-hydrogen) atoms. The molecule has 0 saturated carbocycles. The van der Waals surface area contributed by atoms with Gasteiger partial charge in [0.15, 0.2) is 5.96 Å². The molecule has 0 rings (SSSR count). The maximum absolute atomic E-state index is 5.50. The Morgan fingerprint density at radius 1 is 1.33 bits per heavy atom. The monoisotopic (exact) mass is 171 g/mol. The highest BCUT2D eigenvalue weighted by Crippen LogP contribution is 1.81. The average molecular weight is 171 g/mol. The number of nitrogens with two attached hydrogens (primary N) is 2. The lowest BCUT2D eigenvalue weighted by Gasteiger charge is -2.09. The zero-order chi connectivity index (χ0) is 9.56. The van der Waals surface area contributed by atoms with Crippen LogP contribution in [0.4, 0.5) is 0 Å². The van der Waals surface area contributed by atoms with E-state index >= 15 is 0 Å². The first kappa shape index (κ1) is 10.7. The van der Waals surface area contributed by atoms with Gasteiger partial charge in [-0.1, -0.05) is 6.92 Å². The highest BCUT2D eigenvalue weighted by molar-refractivity contribution is 5.92. The van der Waals surface area contributed by atoms with E-state index in [0.717, 1.165) is 6.42 Å². The standard InChI is InChI=1S/C7H17N5/c1-4-5-10-6(8)11-7(9)12(2)3/h4-5H2,1-3H3,(H4,8,9,10,11). The van der Waals surface area contributed by atoms with Crippen LogP contribution in [-0.4, -0.2) is 37.5 Å². The zero-order valence-electron chi connectivity index (χ0n) is 7.91. The molecular formula is C7H17N5. The molecule has 0 aliphatic rings. The minimum atomic E-state index is 0.239. The molecule has 0 aromatic heterocycles. The Balaban J connectivity index is 4.12. The fourth-order valence-corrected chi connectivity index (χ4v) is 0.479. The number of nitrogens with zero attached hydrogens (tertiary/aromatic N) is 3. The van der Waals surface area contributed by atoms with Crippen LogP contribution < -0.4 is 11.5 Å². The highest BCUT2D eigenvalue weighted by Gasteiger charge is 1.94. The fourth-order valence-electron chi connectivity index (χ4n) is 0.479. The van der Waals surface area contributed by atoms with Crippen molar-refractivity contribution in [3.63, 3.8) is 0 Å². The molecule has 0 spiro atoms. The molecule has 0 saturated heterocycles. The van der Waals surface area contributed by atoms with Crippen molar-refractivity contribution >= 4 is 11.9 Å². The molecule has 0 aromatic carbocycles. The first-order valence-corrected chi connectivity index (χ1v) is 3.89. The van der Waals surface area contributed by atoms with Gasteiger partial charge in [-0.2, -0.15) is 4.99 Å². The van der Waals surface area contributed by atoms with Crippen LogP contribution in [0.3, 0.4) is 0 Å². The Morgan fingerprint density at radius 2 is 1.92 bits per heavy atom. The van der Waals surface area contributed by atoms with E-state index in [1.54, 1.807) is 19.0 Å². The second-order valence-electron chi connectivity index (χ2n) is 2.60. The zero-order valence-corrected chi connectivity index (χ0v) is 7.91. The quantitative estimate of drug-likeness (QED) is 0.437. The Labute approximate surface area is 73.2 Å². The largest absolute Gasteiger partial charge is 0.369 e. The van der Waals surface area contributed by atoms with Gasteiger partial charge in [-0.15, -0.1) is 0 Å². The van der Waals surface area contributed by atoms with Crippen molar-refractivity contribution in [3.05, 3.63) is 0 Å². The maximum Gasteiger partial charge on any atom is 0.218 e. The number of hydrogen-bond donors (Lipinski definition) is 2. The Morgan fingerprint density at radius 3 is 2.33 bits per heavy atom. The summed E-state index contributed by atoms with van der Waals surface area (Å²) < 4.78 is 0. The summed E-state index contributed by atoms with van der Waals surface area (Å²) in [4.78, 5) is 9.50. The van der Waals surface area contributed by atoms with Crippen molar-refractivity contribution < 1.29 is 0 Å². The average Bonchev–Trinajstić information content (AvgIpc) is 2.00. The first-order valence-electron chi connectivity index (χ1n) is 3.89. The Hall–Kier alpha value is -1.26. The molecule has 0 radical (unpaired) electrons. The number of guanidine groups is 2. The highest BCUT2D eigenvalue weighted by atomic mass is 15.2. The second-order valence-corrected chi connectivity index (χ2v) is 2.60. The predicted octanol–water partition coefficient (Wildman–Crippen LogP) is -0.413. The van der Waals surface area contributed by atoms with Crippen LogP contribution in [-0.2, 0) is 0 Å². The van der Waals surface area contributed by atoms with Crippen LogP contribution in [0.25, 0.3) is 0 Å². The molecule has 70 valence electrons. The number of aliphatic imine (C=N–C) groups is 2. The van der Waals surface area contributed by atoms with E-state index < -0.39 is 0 Å². The van der Waals surface area contributed by atoms with E-state index in [2.05, 4.69) is 9.98 Å². The summed E-state index contributed by atoms with van der Waals surface area (Å²) in [5, 5.41) is 0. The van der Waals surface area contributed by atoms with Gasteiger partial charge in [0.05, 0.1) is 0 Å². The summed E-state index contributed by atoms with van der Waals surface area (Å²) in [6.07, 6.45) is 0.956. The van der Waals surface area contributed by atoms with Crippen molar-refractivity contribution in [2.45, 2.75) is 13.3 Å². The molecule has 0 aliphatic carbocycles. The minimum absolute atomic E-state index is 0.239. The van der Waals surface area contributed by atoms with Crippen molar-refractivity contribution in [2.24, 2.45) is 21.5 Å². The van der Waals surface area contributed by atoms with E-state index in [0.29, 0.717) is 12.5 Å². The van der Waals surface area contributed by atoms with Crippen LogP contribution in [0.2, 0.25) is 0 Å². The normalized spacial score (nSPS) is 13.2. The topological polar surface area (TPSA) is 80.0 Å². The summed E-state index contributed by atoms with van der Waals surface area (Å²) >= 11 is 0. The summed E-state index contributed by atoms with van der Waals surface area (Å²) in [5.74, 6) is 0.607. The molecule has 0 aromatic rings. The SMILES string of the molecule is CCCN=C(N)/N=C(\N)N(C)C. The van der Waals surface area contributed by atoms with Crippen molar-refractivity contribution in [1.82, 2.24) is 4.90 Å². The molecule has 0 aliphatic heterocycles. The third-order valence-corrected chi connectivity index (χ3v) is 1.18. The molecule has 0 heterocycles. The van der Waals surface area contributed by atoms with Gasteiger partial charge >= 0.3 is 0 Å². The minimum Gasteiger partial charge on any atom is -0.369 e. The number of rotatable bonds is 2. The van der Waals surface area contributed by atoms with Gasteiger partial charge in [-0.25, -0.2) is 0 Å². The van der Waals surface area contributed by atoms with E-state index in [-0.39, 0.29) is 5.96 Å². The maximum atomic E-state index is 5.50. The third-order valence-electron chi connectivity index (χ3n) is 1.18. The Kier molecular flexibility index (Phi) is 4.83. The molecule has 0 fully saturated rings. The van der Waals surface area contributed by atoms with E-state index in [1.165, 1.54) is 0 Å². The number of hydrogen-bond acceptors (Lipinski definition) is 1. The van der Waals surface area contributed by atoms with E-state index in [4.69, 9.17) is 11.5 Å². The van der Waals surface area contributed by atoms with Crippen molar-refractivity contribution in [3.8, 4) is 0 Å². The smallest absolute Gasteiger partial charge is 0.218 e. The molecule has 0 amide bonds. The van der Waals surface area contributed by atoms with Gasteiger partial charge in [0.25, 0.3) is 0 Å². The molecular weight excluding hydrogens is 154 g/mol. The fraction of sp³-hybridized carbons (Fsp3) is 0.714. The summed E-state index contributed by atoms with van der Waals surface area (Å²) in [5.41, 5.74) is 11.0. The molecule has 0 bridgehead atoms. The second kappa shape index (κ2) is 5.40. The predicted molar refractivity (Wildman–Crippen MR) is 52.1 cm³/mol. The van der Waals surface area contributed by atoms with Gasteiger partial charge in [-0.05, 0) is 6.42 Å². The Bertz CT molecular complexity index is 182. The third kappa shape index (κ3) is 4.54. The van der Waals surface area contributed by atoms with Gasteiger partial charge in [0.2, 0.25) is 5.96 Å². The van der Waals surface area contributed by atoms with E-state index in [1.807, 2.05) is 6.92 Å². The van der Waals surface area contributed by atoms with Gasteiger partial charge < -0.3 is 16.4 Å². The lowest BCUT2D eigenvalue weighted by atomic mass is 10.5. The first-order chi connectivity index (χ1) is 5.57. The van der Waals surface area contributed by atoms with Gasteiger partial charge in [-0.3, -0.25) is 4.99 Å². The van der Waals surface area contributed by atoms with Crippen LogP contribution in [0.15, 0.2) is 9.98 Å². The van der Waals surface area contributed by atoms with Gasteiger partial charge in [0.1, 0.15) is 0 Å². The van der Waals surface area contributed by atoms with E-state index in [9.17, 15) is 0 Å². The van der Waals surface area contributed by atoms with Crippen molar-refractivity contribution in [2.75, 3.05) is 20.6 Å². The van der Waals surface area contributed by atoms with Gasteiger partial charge in [0, 0.05) is 20.6 Å². The summed E-state index contributed by atoms with van der Waals surface area (Å²) in [6, 6.07) is 0. The summed E-state index contributed by atoms with van der Waals surface area (Å²) in [6.45, 7) is 2.71. The molecule has 0 atom stereocenters.